The van der Waals surface area contributed by atoms with Gasteiger partial charge in [-0.05, 0) is 12.1 Å². The second-order valence-corrected chi connectivity index (χ2v) is 3.66. The van der Waals surface area contributed by atoms with Crippen LogP contribution in [-0.2, 0) is 6.18 Å². The summed E-state index contributed by atoms with van der Waals surface area (Å²) in [6.07, 6.45) is -4.65. The molecule has 20 heavy (non-hydrogen) atoms. The molecule has 0 radical (unpaired) electrons. The lowest BCUT2D eigenvalue weighted by atomic mass is 10.2. The fourth-order valence-electron chi connectivity index (χ4n) is 1.45. The number of nitrogens with zero attached hydrogens (tertiary/aromatic N) is 2. The van der Waals surface area contributed by atoms with Crippen molar-refractivity contribution in [3.63, 3.8) is 0 Å². The molecule has 0 bridgehead atoms. The Morgan fingerprint density at radius 1 is 1.35 bits per heavy atom. The highest BCUT2D eigenvalue weighted by atomic mass is 19.4. The quantitative estimate of drug-likeness (QED) is 0.905. The zero-order chi connectivity index (χ0) is 14.8. The molecule has 0 aliphatic carbocycles. The van der Waals surface area contributed by atoms with E-state index in [2.05, 4.69) is 15.4 Å². The monoisotopic (exact) mass is 286 g/mol. The molecule has 0 aliphatic rings. The number of alkyl halides is 3. The van der Waals surface area contributed by atoms with Crippen molar-refractivity contribution in [2.24, 2.45) is 0 Å². The molecule has 0 saturated heterocycles. The standard InChI is InChI=1S/C11H9F3N4O2/c1-20-7-5-3-2-4-6(7)8(19)15-10-16-9(17-18-10)11(12,13)14/h2-5H,1H3,(H2,15,16,17,18,19). The highest BCUT2D eigenvalue weighted by Crippen LogP contribution is 2.26. The molecule has 2 aromatic rings. The normalized spacial score (nSPS) is 11.2. The van der Waals surface area contributed by atoms with Crippen molar-refractivity contribution in [2.45, 2.75) is 6.18 Å². The number of halogens is 3. The number of methoxy groups -OCH3 is 1. The third-order valence-electron chi connectivity index (χ3n) is 2.33. The maximum absolute atomic E-state index is 12.3. The first kappa shape index (κ1) is 13.8. The van der Waals surface area contributed by atoms with Gasteiger partial charge < -0.3 is 4.74 Å². The van der Waals surface area contributed by atoms with Gasteiger partial charge in [-0.1, -0.05) is 12.1 Å². The molecule has 1 aromatic carbocycles. The third kappa shape index (κ3) is 2.87. The molecule has 106 valence electrons. The molecule has 0 saturated carbocycles. The minimum atomic E-state index is -4.65. The first-order valence-electron chi connectivity index (χ1n) is 5.36. The number of aromatic amines is 1. The largest absolute Gasteiger partial charge is 0.496 e. The summed E-state index contributed by atoms with van der Waals surface area (Å²) in [5.74, 6) is -2.13. The lowest BCUT2D eigenvalue weighted by molar-refractivity contribution is -0.144. The fraction of sp³-hybridized carbons (Fsp3) is 0.182. The van der Waals surface area contributed by atoms with Crippen LogP contribution in [0.1, 0.15) is 16.2 Å². The number of rotatable bonds is 3. The van der Waals surface area contributed by atoms with Gasteiger partial charge in [0.1, 0.15) is 5.75 Å². The van der Waals surface area contributed by atoms with Crippen LogP contribution in [0.15, 0.2) is 24.3 Å². The summed E-state index contributed by atoms with van der Waals surface area (Å²) in [5, 5.41) is 7.13. The molecule has 1 aromatic heterocycles. The molecule has 9 heteroatoms. The molecule has 0 aliphatic heterocycles. The minimum Gasteiger partial charge on any atom is -0.496 e. The topological polar surface area (TPSA) is 79.9 Å². The first-order valence-corrected chi connectivity index (χ1v) is 5.36. The van der Waals surface area contributed by atoms with Crippen molar-refractivity contribution in [3.8, 4) is 5.75 Å². The van der Waals surface area contributed by atoms with Crippen LogP contribution in [0, 0.1) is 0 Å². The van der Waals surface area contributed by atoms with E-state index in [1.54, 1.807) is 23.3 Å². The average molecular weight is 286 g/mol. The Morgan fingerprint density at radius 3 is 2.65 bits per heavy atom. The van der Waals surface area contributed by atoms with Gasteiger partial charge in [0.2, 0.25) is 11.8 Å². The zero-order valence-electron chi connectivity index (χ0n) is 10.2. The Labute approximate surface area is 111 Å². The summed E-state index contributed by atoms with van der Waals surface area (Å²) in [6.45, 7) is 0. The van der Waals surface area contributed by atoms with E-state index in [4.69, 9.17) is 4.74 Å². The zero-order valence-corrected chi connectivity index (χ0v) is 10.2. The summed E-state index contributed by atoms with van der Waals surface area (Å²) >= 11 is 0. The van der Waals surface area contributed by atoms with Crippen LogP contribution < -0.4 is 10.1 Å². The Bertz CT molecular complexity index is 624. The number of para-hydroxylation sites is 1. The molecular formula is C11H9F3N4O2. The van der Waals surface area contributed by atoms with Gasteiger partial charge in [-0.15, -0.1) is 5.10 Å². The van der Waals surface area contributed by atoms with Gasteiger partial charge in [0, 0.05) is 0 Å². The summed E-state index contributed by atoms with van der Waals surface area (Å²) in [6, 6.07) is 6.26. The van der Waals surface area contributed by atoms with E-state index in [1.807, 2.05) is 0 Å². The molecule has 0 unspecified atom stereocenters. The van der Waals surface area contributed by atoms with Gasteiger partial charge >= 0.3 is 6.18 Å². The number of hydrogen-bond acceptors (Lipinski definition) is 4. The second-order valence-electron chi connectivity index (χ2n) is 3.66. The number of carbonyl (C=O) groups is 1. The van der Waals surface area contributed by atoms with Gasteiger partial charge in [-0.3, -0.25) is 15.2 Å². The molecular weight excluding hydrogens is 277 g/mol. The highest BCUT2D eigenvalue weighted by molar-refractivity contribution is 6.05. The number of H-pyrrole nitrogens is 1. The Hall–Kier alpha value is -2.58. The molecule has 6 nitrogen and oxygen atoms in total. The van der Waals surface area contributed by atoms with Crippen molar-refractivity contribution in [2.75, 3.05) is 12.4 Å². The molecule has 1 amide bonds. The number of hydrogen-bond donors (Lipinski definition) is 2. The number of benzene rings is 1. The van der Waals surface area contributed by atoms with Gasteiger partial charge in [0.25, 0.3) is 5.91 Å². The summed E-state index contributed by atoms with van der Waals surface area (Å²) in [5.41, 5.74) is 0.161. The molecule has 2 N–H and O–H groups in total. The average Bonchev–Trinajstić information content (AvgIpc) is 2.87. The van der Waals surface area contributed by atoms with E-state index in [1.165, 1.54) is 13.2 Å². The van der Waals surface area contributed by atoms with Crippen LogP contribution >= 0.6 is 0 Å². The third-order valence-corrected chi connectivity index (χ3v) is 2.33. The van der Waals surface area contributed by atoms with Crippen LogP contribution in [0.5, 0.6) is 5.75 Å². The maximum atomic E-state index is 12.3. The number of ether oxygens (including phenoxy) is 1. The summed E-state index contributed by atoms with van der Waals surface area (Å²) < 4.78 is 41.9. The number of amides is 1. The molecule has 2 rings (SSSR count). The first-order chi connectivity index (χ1) is 9.41. The highest BCUT2D eigenvalue weighted by Gasteiger charge is 2.35. The van der Waals surface area contributed by atoms with Gasteiger partial charge in [0.15, 0.2) is 0 Å². The number of carbonyl (C=O) groups excluding carboxylic acids is 1. The number of anilines is 1. The van der Waals surface area contributed by atoms with Gasteiger partial charge in [-0.2, -0.15) is 18.2 Å². The van der Waals surface area contributed by atoms with Crippen LogP contribution in [0.4, 0.5) is 19.1 Å². The van der Waals surface area contributed by atoms with Gasteiger partial charge in [-0.25, -0.2) is 0 Å². The van der Waals surface area contributed by atoms with Crippen LogP contribution in [0.3, 0.4) is 0 Å². The van der Waals surface area contributed by atoms with Crippen LogP contribution in [-0.4, -0.2) is 28.2 Å². The maximum Gasteiger partial charge on any atom is 0.451 e. The lowest BCUT2D eigenvalue weighted by Gasteiger charge is -2.06. The Kier molecular flexibility index (Phi) is 3.59. The molecule has 0 atom stereocenters. The van der Waals surface area contributed by atoms with Gasteiger partial charge in [0.05, 0.1) is 12.7 Å². The molecule has 0 fully saturated rings. The fourth-order valence-corrected chi connectivity index (χ4v) is 1.45. The Balaban J connectivity index is 2.18. The predicted octanol–water partition coefficient (Wildman–Crippen LogP) is 2.08. The van der Waals surface area contributed by atoms with E-state index >= 15 is 0 Å². The number of aromatic nitrogens is 3. The van der Waals surface area contributed by atoms with Crippen molar-refractivity contribution < 1.29 is 22.7 Å². The summed E-state index contributed by atoms with van der Waals surface area (Å²) in [4.78, 5) is 15.0. The van der Waals surface area contributed by atoms with E-state index in [-0.39, 0.29) is 11.3 Å². The van der Waals surface area contributed by atoms with Crippen LogP contribution in [0.2, 0.25) is 0 Å². The van der Waals surface area contributed by atoms with E-state index in [0.29, 0.717) is 0 Å². The van der Waals surface area contributed by atoms with E-state index in [0.717, 1.165) is 0 Å². The molecule has 1 heterocycles. The van der Waals surface area contributed by atoms with E-state index in [9.17, 15) is 18.0 Å². The molecule has 0 spiro atoms. The second kappa shape index (κ2) is 5.19. The Morgan fingerprint density at radius 2 is 2.05 bits per heavy atom. The minimum absolute atomic E-state index is 0.161. The van der Waals surface area contributed by atoms with Crippen LogP contribution in [0.25, 0.3) is 0 Å². The smallest absolute Gasteiger partial charge is 0.451 e. The van der Waals surface area contributed by atoms with Crippen molar-refractivity contribution >= 4 is 11.9 Å². The lowest BCUT2D eigenvalue weighted by Crippen LogP contribution is -2.14. The van der Waals surface area contributed by atoms with Crippen molar-refractivity contribution in [1.82, 2.24) is 15.2 Å². The predicted molar refractivity (Wildman–Crippen MR) is 62.3 cm³/mol. The number of nitrogens with one attached hydrogen (secondary N) is 2. The van der Waals surface area contributed by atoms with E-state index < -0.39 is 23.9 Å². The van der Waals surface area contributed by atoms with Crippen molar-refractivity contribution in [3.05, 3.63) is 35.7 Å². The SMILES string of the molecule is COc1ccccc1C(=O)Nc1n[nH]c(C(F)(F)F)n1. The summed E-state index contributed by atoms with van der Waals surface area (Å²) in [7, 11) is 1.38. The van der Waals surface area contributed by atoms with Crippen molar-refractivity contribution in [1.29, 1.82) is 0 Å².